The van der Waals surface area contributed by atoms with Gasteiger partial charge in [-0.3, -0.25) is 0 Å². The third kappa shape index (κ3) is 2.59. The van der Waals surface area contributed by atoms with Crippen molar-refractivity contribution in [2.24, 2.45) is 0 Å². The molecule has 0 heterocycles. The van der Waals surface area contributed by atoms with Crippen LogP contribution in [0.3, 0.4) is 0 Å². The molecule has 0 saturated heterocycles. The molecule has 0 atom stereocenters. The van der Waals surface area contributed by atoms with E-state index >= 15 is 0 Å². The van der Waals surface area contributed by atoms with Gasteiger partial charge in [-0.05, 0) is 55.3 Å². The molecule has 0 aliphatic carbocycles. The van der Waals surface area contributed by atoms with Gasteiger partial charge in [0, 0.05) is 24.1 Å². The van der Waals surface area contributed by atoms with E-state index in [1.54, 1.807) is 0 Å². The molecule has 2 heteroatoms. The average Bonchev–Trinajstić information content (AvgIpc) is 2.36. The first-order valence-corrected chi connectivity index (χ1v) is 5.82. The fourth-order valence-corrected chi connectivity index (χ4v) is 1.76. The maximum absolute atomic E-state index is 3.44. The molecule has 88 valence electrons. The van der Waals surface area contributed by atoms with E-state index in [2.05, 4.69) is 66.9 Å². The van der Waals surface area contributed by atoms with Crippen molar-refractivity contribution >= 4 is 17.1 Å². The molecule has 2 rings (SSSR count). The van der Waals surface area contributed by atoms with Crippen LogP contribution in [0.5, 0.6) is 0 Å². The molecule has 2 aromatic rings. The lowest BCUT2D eigenvalue weighted by atomic mass is 10.1. The summed E-state index contributed by atoms with van der Waals surface area (Å²) in [5.41, 5.74) is 6.00. The van der Waals surface area contributed by atoms with E-state index in [1.165, 1.54) is 16.8 Å². The summed E-state index contributed by atoms with van der Waals surface area (Å²) < 4.78 is 0. The SMILES string of the molecule is CNc1ccc(Nc2cccc(C)c2C)cc1. The number of hydrogen-bond donors (Lipinski definition) is 2. The first-order chi connectivity index (χ1) is 8.20. The standard InChI is InChI=1S/C15H18N2/c1-11-5-4-6-15(12(11)2)17-14-9-7-13(16-3)8-10-14/h4-10,16-17H,1-3H3. The molecule has 0 aliphatic heterocycles. The summed E-state index contributed by atoms with van der Waals surface area (Å²) in [4.78, 5) is 0. The molecule has 0 spiro atoms. The molecule has 2 aromatic carbocycles. The van der Waals surface area contributed by atoms with Crippen LogP contribution in [0.2, 0.25) is 0 Å². The third-order valence-corrected chi connectivity index (χ3v) is 3.06. The van der Waals surface area contributed by atoms with Gasteiger partial charge in [0.2, 0.25) is 0 Å². The number of anilines is 3. The van der Waals surface area contributed by atoms with Gasteiger partial charge in [-0.1, -0.05) is 12.1 Å². The van der Waals surface area contributed by atoms with Crippen LogP contribution in [0, 0.1) is 13.8 Å². The van der Waals surface area contributed by atoms with Gasteiger partial charge in [-0.15, -0.1) is 0 Å². The Labute approximate surface area is 103 Å². The second-order valence-corrected chi connectivity index (χ2v) is 4.20. The summed E-state index contributed by atoms with van der Waals surface area (Å²) in [6, 6.07) is 14.6. The molecule has 2 nitrogen and oxygen atoms in total. The predicted molar refractivity (Wildman–Crippen MR) is 75.2 cm³/mol. The summed E-state index contributed by atoms with van der Waals surface area (Å²) in [5, 5.41) is 6.55. The maximum Gasteiger partial charge on any atom is 0.0416 e. The molecule has 0 aromatic heterocycles. The van der Waals surface area contributed by atoms with Gasteiger partial charge in [-0.2, -0.15) is 0 Å². The first-order valence-electron chi connectivity index (χ1n) is 5.82. The Kier molecular flexibility index (Phi) is 3.33. The molecule has 0 saturated carbocycles. The average molecular weight is 226 g/mol. The van der Waals surface area contributed by atoms with Crippen LogP contribution < -0.4 is 10.6 Å². The molecule has 0 radical (unpaired) electrons. The number of benzene rings is 2. The quantitative estimate of drug-likeness (QED) is 0.823. The second-order valence-electron chi connectivity index (χ2n) is 4.20. The second kappa shape index (κ2) is 4.91. The smallest absolute Gasteiger partial charge is 0.0416 e. The number of rotatable bonds is 3. The number of hydrogen-bond acceptors (Lipinski definition) is 2. The Morgan fingerprint density at radius 3 is 2.12 bits per heavy atom. The Morgan fingerprint density at radius 1 is 0.824 bits per heavy atom. The lowest BCUT2D eigenvalue weighted by Crippen LogP contribution is -1.95. The highest BCUT2D eigenvalue weighted by Gasteiger charge is 2.00. The molecule has 0 fully saturated rings. The minimum Gasteiger partial charge on any atom is -0.388 e. The minimum atomic E-state index is 1.11. The van der Waals surface area contributed by atoms with Crippen molar-refractivity contribution in [1.82, 2.24) is 0 Å². The zero-order valence-corrected chi connectivity index (χ0v) is 10.5. The predicted octanol–water partition coefficient (Wildman–Crippen LogP) is 4.09. The Morgan fingerprint density at radius 2 is 1.47 bits per heavy atom. The topological polar surface area (TPSA) is 24.1 Å². The number of nitrogens with one attached hydrogen (secondary N) is 2. The Balaban J connectivity index is 2.22. The van der Waals surface area contributed by atoms with Crippen LogP contribution in [0.4, 0.5) is 17.1 Å². The largest absolute Gasteiger partial charge is 0.388 e. The van der Waals surface area contributed by atoms with Gasteiger partial charge in [0.05, 0.1) is 0 Å². The van der Waals surface area contributed by atoms with Gasteiger partial charge in [0.15, 0.2) is 0 Å². The van der Waals surface area contributed by atoms with Crippen LogP contribution in [0.1, 0.15) is 11.1 Å². The molecule has 17 heavy (non-hydrogen) atoms. The Hall–Kier alpha value is -1.96. The highest BCUT2D eigenvalue weighted by Crippen LogP contribution is 2.23. The minimum absolute atomic E-state index is 1.11. The lowest BCUT2D eigenvalue weighted by molar-refractivity contribution is 1.33. The van der Waals surface area contributed by atoms with Crippen molar-refractivity contribution in [2.75, 3.05) is 17.7 Å². The van der Waals surface area contributed by atoms with Gasteiger partial charge in [0.25, 0.3) is 0 Å². The highest BCUT2D eigenvalue weighted by atomic mass is 14.9. The van der Waals surface area contributed by atoms with Crippen molar-refractivity contribution in [1.29, 1.82) is 0 Å². The first kappa shape index (κ1) is 11.5. The monoisotopic (exact) mass is 226 g/mol. The van der Waals surface area contributed by atoms with Crippen molar-refractivity contribution < 1.29 is 0 Å². The molecule has 0 bridgehead atoms. The maximum atomic E-state index is 3.44. The summed E-state index contributed by atoms with van der Waals surface area (Å²) in [6.07, 6.45) is 0. The lowest BCUT2D eigenvalue weighted by Gasteiger charge is -2.11. The van der Waals surface area contributed by atoms with E-state index in [0.717, 1.165) is 11.4 Å². The Bertz CT molecular complexity index is 501. The van der Waals surface area contributed by atoms with E-state index in [4.69, 9.17) is 0 Å². The molecular formula is C15H18N2. The summed E-state index contributed by atoms with van der Waals surface area (Å²) >= 11 is 0. The summed E-state index contributed by atoms with van der Waals surface area (Å²) in [6.45, 7) is 4.27. The summed E-state index contributed by atoms with van der Waals surface area (Å²) in [7, 11) is 1.92. The van der Waals surface area contributed by atoms with Crippen molar-refractivity contribution in [3.63, 3.8) is 0 Å². The zero-order valence-electron chi connectivity index (χ0n) is 10.5. The van der Waals surface area contributed by atoms with Crippen LogP contribution in [-0.2, 0) is 0 Å². The van der Waals surface area contributed by atoms with Gasteiger partial charge < -0.3 is 10.6 Å². The normalized spacial score (nSPS) is 10.1. The van der Waals surface area contributed by atoms with E-state index in [-0.39, 0.29) is 0 Å². The molecule has 0 unspecified atom stereocenters. The third-order valence-electron chi connectivity index (χ3n) is 3.06. The fraction of sp³-hybridized carbons (Fsp3) is 0.200. The van der Waals surface area contributed by atoms with Crippen molar-refractivity contribution in [3.8, 4) is 0 Å². The molecule has 2 N–H and O–H groups in total. The van der Waals surface area contributed by atoms with Crippen LogP contribution in [0.25, 0.3) is 0 Å². The molecular weight excluding hydrogens is 208 g/mol. The van der Waals surface area contributed by atoms with Gasteiger partial charge in [-0.25, -0.2) is 0 Å². The highest BCUT2D eigenvalue weighted by molar-refractivity contribution is 5.65. The van der Waals surface area contributed by atoms with E-state index < -0.39 is 0 Å². The van der Waals surface area contributed by atoms with E-state index in [1.807, 2.05) is 7.05 Å². The molecule has 0 aliphatic rings. The van der Waals surface area contributed by atoms with Crippen LogP contribution >= 0.6 is 0 Å². The van der Waals surface area contributed by atoms with Crippen LogP contribution in [-0.4, -0.2) is 7.05 Å². The van der Waals surface area contributed by atoms with Crippen LogP contribution in [0.15, 0.2) is 42.5 Å². The molecule has 0 amide bonds. The van der Waals surface area contributed by atoms with Crippen molar-refractivity contribution in [2.45, 2.75) is 13.8 Å². The van der Waals surface area contributed by atoms with Gasteiger partial charge >= 0.3 is 0 Å². The fourth-order valence-electron chi connectivity index (χ4n) is 1.76. The van der Waals surface area contributed by atoms with Crippen molar-refractivity contribution in [3.05, 3.63) is 53.6 Å². The van der Waals surface area contributed by atoms with E-state index in [9.17, 15) is 0 Å². The number of aryl methyl sites for hydroxylation is 1. The van der Waals surface area contributed by atoms with E-state index in [0.29, 0.717) is 0 Å². The zero-order chi connectivity index (χ0) is 12.3. The van der Waals surface area contributed by atoms with Gasteiger partial charge in [0.1, 0.15) is 0 Å². The summed E-state index contributed by atoms with van der Waals surface area (Å²) in [5.74, 6) is 0.